The van der Waals surface area contributed by atoms with Gasteiger partial charge >= 0.3 is 0 Å². The number of aliphatic hydroxyl groups excluding tert-OH is 1. The van der Waals surface area contributed by atoms with Crippen LogP contribution in [0.2, 0.25) is 0 Å². The molecule has 0 spiro atoms. The molecule has 1 aliphatic heterocycles. The van der Waals surface area contributed by atoms with Crippen LogP contribution >= 0.6 is 0 Å². The van der Waals surface area contributed by atoms with Gasteiger partial charge in [-0.25, -0.2) is 10.1 Å². The van der Waals surface area contributed by atoms with Crippen molar-refractivity contribution in [3.05, 3.63) is 47.7 Å². The van der Waals surface area contributed by atoms with Crippen LogP contribution in [-0.2, 0) is 0 Å². The first kappa shape index (κ1) is 10.3. The molecular weight excluding hydrogens is 216 g/mol. The fourth-order valence-corrected chi connectivity index (χ4v) is 1.97. The van der Waals surface area contributed by atoms with E-state index >= 15 is 0 Å². The summed E-state index contributed by atoms with van der Waals surface area (Å²) in [5, 5.41) is 13.9. The Morgan fingerprint density at radius 2 is 2.12 bits per heavy atom. The first-order valence-electron chi connectivity index (χ1n) is 5.60. The molecule has 0 aliphatic carbocycles. The minimum absolute atomic E-state index is 0.0290. The molecule has 2 heterocycles. The summed E-state index contributed by atoms with van der Waals surface area (Å²) < 4.78 is 1.84. The second-order valence-corrected chi connectivity index (χ2v) is 4.16. The third-order valence-corrected chi connectivity index (χ3v) is 2.88. The quantitative estimate of drug-likeness (QED) is 0.730. The summed E-state index contributed by atoms with van der Waals surface area (Å²) in [7, 11) is 0. The molecule has 0 radical (unpaired) electrons. The molecule has 17 heavy (non-hydrogen) atoms. The monoisotopic (exact) mass is 230 g/mol. The number of aliphatic hydroxyl groups is 1. The Balaban J connectivity index is 1.98. The smallest absolute Gasteiger partial charge is 0.146 e. The van der Waals surface area contributed by atoms with Crippen LogP contribution < -0.4 is 10.9 Å². The van der Waals surface area contributed by atoms with E-state index in [0.717, 1.165) is 11.4 Å². The van der Waals surface area contributed by atoms with Gasteiger partial charge in [0.25, 0.3) is 0 Å². The fourth-order valence-electron chi connectivity index (χ4n) is 1.97. The van der Waals surface area contributed by atoms with Crippen molar-refractivity contribution in [2.75, 3.05) is 5.43 Å². The van der Waals surface area contributed by atoms with Crippen LogP contribution in [0.1, 0.15) is 30.5 Å². The summed E-state index contributed by atoms with van der Waals surface area (Å²) in [6.07, 6.45) is -0.579. The van der Waals surface area contributed by atoms with Gasteiger partial charge in [0, 0.05) is 6.07 Å². The highest BCUT2D eigenvalue weighted by Gasteiger charge is 2.25. The van der Waals surface area contributed by atoms with Crippen LogP contribution in [0.3, 0.4) is 0 Å². The summed E-state index contributed by atoms with van der Waals surface area (Å²) in [5.74, 6) is 0.870. The zero-order valence-electron chi connectivity index (χ0n) is 9.46. The Bertz CT molecular complexity index is 521. The van der Waals surface area contributed by atoms with Crippen molar-refractivity contribution >= 4 is 5.82 Å². The van der Waals surface area contributed by atoms with Crippen LogP contribution in [0.5, 0.6) is 0 Å². The average Bonchev–Trinajstić information content (AvgIpc) is 2.89. The normalized spacial score (nSPS) is 19.8. The summed E-state index contributed by atoms with van der Waals surface area (Å²) in [6.45, 7) is 1.71. The van der Waals surface area contributed by atoms with E-state index in [1.54, 1.807) is 6.92 Å². The topological polar surface area (TPSA) is 62.1 Å². The molecule has 1 aliphatic rings. The highest BCUT2D eigenvalue weighted by atomic mass is 16.3. The number of rotatable bonds is 2. The van der Waals surface area contributed by atoms with Gasteiger partial charge in [-0.3, -0.25) is 0 Å². The van der Waals surface area contributed by atoms with Gasteiger partial charge in [-0.15, -0.1) is 0 Å². The first-order chi connectivity index (χ1) is 8.25. The molecule has 2 atom stereocenters. The van der Waals surface area contributed by atoms with Crippen LogP contribution in [0.25, 0.3) is 0 Å². The van der Waals surface area contributed by atoms with Crippen LogP contribution in [0.15, 0.2) is 36.4 Å². The van der Waals surface area contributed by atoms with Gasteiger partial charge in [0.1, 0.15) is 12.0 Å². The van der Waals surface area contributed by atoms with E-state index in [-0.39, 0.29) is 6.17 Å². The van der Waals surface area contributed by atoms with Crippen molar-refractivity contribution in [2.45, 2.75) is 19.2 Å². The molecule has 1 aromatic heterocycles. The maximum absolute atomic E-state index is 9.51. The molecule has 0 saturated heterocycles. The first-order valence-corrected chi connectivity index (χ1v) is 5.60. The van der Waals surface area contributed by atoms with E-state index in [9.17, 15) is 5.11 Å². The van der Waals surface area contributed by atoms with Gasteiger partial charge in [-0.2, -0.15) is 5.10 Å². The van der Waals surface area contributed by atoms with Crippen molar-refractivity contribution in [3.8, 4) is 0 Å². The SMILES string of the molecule is CC(O)c1cc2n(n1)C(c1ccccc1)NN2. The maximum atomic E-state index is 9.51. The number of aromatic nitrogens is 2. The Morgan fingerprint density at radius 1 is 1.35 bits per heavy atom. The number of hydrazine groups is 1. The third kappa shape index (κ3) is 1.69. The number of nitrogens with one attached hydrogen (secondary N) is 2. The lowest BCUT2D eigenvalue weighted by atomic mass is 10.2. The lowest BCUT2D eigenvalue weighted by molar-refractivity contribution is 0.192. The van der Waals surface area contributed by atoms with Gasteiger partial charge < -0.3 is 10.5 Å². The summed E-state index contributed by atoms with van der Waals surface area (Å²) >= 11 is 0. The van der Waals surface area contributed by atoms with Gasteiger partial charge in [-0.1, -0.05) is 30.3 Å². The Morgan fingerprint density at radius 3 is 2.82 bits per heavy atom. The van der Waals surface area contributed by atoms with E-state index in [2.05, 4.69) is 16.0 Å². The van der Waals surface area contributed by atoms with E-state index in [1.165, 1.54) is 0 Å². The molecule has 1 aromatic carbocycles. The number of nitrogens with zero attached hydrogens (tertiary/aromatic N) is 2. The summed E-state index contributed by atoms with van der Waals surface area (Å²) in [4.78, 5) is 0. The third-order valence-electron chi connectivity index (χ3n) is 2.88. The predicted molar refractivity (Wildman–Crippen MR) is 64.2 cm³/mol. The Kier molecular flexibility index (Phi) is 2.35. The van der Waals surface area contributed by atoms with Gasteiger partial charge in [0.2, 0.25) is 0 Å². The Labute approximate surface area is 99.0 Å². The molecule has 0 saturated carbocycles. The minimum Gasteiger partial charge on any atom is -0.387 e. The number of anilines is 1. The number of hydrogen-bond donors (Lipinski definition) is 3. The number of fused-ring (bicyclic) bond motifs is 1. The zero-order chi connectivity index (χ0) is 11.8. The minimum atomic E-state index is -0.550. The zero-order valence-corrected chi connectivity index (χ0v) is 9.46. The highest BCUT2D eigenvalue weighted by Crippen LogP contribution is 2.27. The van der Waals surface area contributed by atoms with Crippen molar-refractivity contribution in [1.82, 2.24) is 15.2 Å². The van der Waals surface area contributed by atoms with Crippen LogP contribution in [0.4, 0.5) is 5.82 Å². The molecule has 88 valence electrons. The van der Waals surface area contributed by atoms with Crippen LogP contribution in [-0.4, -0.2) is 14.9 Å². The van der Waals surface area contributed by atoms with E-state index in [4.69, 9.17) is 0 Å². The molecular formula is C12H14N4O. The van der Waals surface area contributed by atoms with E-state index in [0.29, 0.717) is 5.69 Å². The fraction of sp³-hybridized carbons (Fsp3) is 0.250. The van der Waals surface area contributed by atoms with Crippen molar-refractivity contribution in [3.63, 3.8) is 0 Å². The standard InChI is InChI=1S/C12H14N4O/c1-8(17)10-7-11-13-14-12(16(11)15-10)9-5-3-2-4-6-9/h2-8,12-14,17H,1H3. The summed E-state index contributed by atoms with van der Waals surface area (Å²) in [5.41, 5.74) is 8.02. The highest BCUT2D eigenvalue weighted by molar-refractivity contribution is 5.42. The molecule has 3 rings (SSSR count). The molecule has 2 aromatic rings. The molecule has 0 amide bonds. The van der Waals surface area contributed by atoms with Gasteiger partial charge in [0.05, 0.1) is 11.8 Å². The molecule has 0 bridgehead atoms. The lowest BCUT2D eigenvalue weighted by Gasteiger charge is -2.11. The molecule has 5 nitrogen and oxygen atoms in total. The second kappa shape index (κ2) is 3.87. The molecule has 5 heteroatoms. The Hall–Kier alpha value is -1.85. The van der Waals surface area contributed by atoms with E-state index < -0.39 is 6.10 Å². The maximum Gasteiger partial charge on any atom is 0.146 e. The predicted octanol–water partition coefficient (Wildman–Crippen LogP) is 1.41. The average molecular weight is 230 g/mol. The van der Waals surface area contributed by atoms with E-state index in [1.807, 2.05) is 41.1 Å². The lowest BCUT2D eigenvalue weighted by Crippen LogP contribution is -2.23. The molecule has 2 unspecified atom stereocenters. The number of hydrogen-bond acceptors (Lipinski definition) is 4. The largest absolute Gasteiger partial charge is 0.387 e. The van der Waals surface area contributed by atoms with Crippen molar-refractivity contribution in [1.29, 1.82) is 0 Å². The van der Waals surface area contributed by atoms with Crippen molar-refractivity contribution in [2.24, 2.45) is 0 Å². The molecule has 0 fully saturated rings. The second-order valence-electron chi connectivity index (χ2n) is 4.16. The van der Waals surface area contributed by atoms with Crippen LogP contribution in [0, 0.1) is 0 Å². The van der Waals surface area contributed by atoms with Crippen molar-refractivity contribution < 1.29 is 5.11 Å². The van der Waals surface area contributed by atoms with Gasteiger partial charge in [-0.05, 0) is 12.5 Å². The molecule has 3 N–H and O–H groups in total. The number of benzene rings is 1. The van der Waals surface area contributed by atoms with Gasteiger partial charge in [0.15, 0.2) is 0 Å². The summed E-state index contributed by atoms with van der Waals surface area (Å²) in [6, 6.07) is 11.9.